The van der Waals surface area contributed by atoms with Gasteiger partial charge in [0.2, 0.25) is 0 Å². The number of benzene rings is 1. The van der Waals surface area contributed by atoms with Crippen LogP contribution < -0.4 is 14.8 Å². The van der Waals surface area contributed by atoms with Gasteiger partial charge in [0.25, 0.3) is 5.91 Å². The minimum atomic E-state index is -0.188. The van der Waals surface area contributed by atoms with Crippen LogP contribution in [-0.2, 0) is 5.75 Å². The van der Waals surface area contributed by atoms with Crippen LogP contribution in [0.4, 0.5) is 0 Å². The van der Waals surface area contributed by atoms with Gasteiger partial charge in [0.1, 0.15) is 28.9 Å². The molecule has 8 heteroatoms. The van der Waals surface area contributed by atoms with Crippen LogP contribution in [0.5, 0.6) is 11.5 Å². The summed E-state index contributed by atoms with van der Waals surface area (Å²) in [5, 5.41) is 7.48. The Morgan fingerprint density at radius 2 is 1.93 bits per heavy atom. The first-order valence-electron chi connectivity index (χ1n) is 9.29. The fraction of sp³-hybridized carbons (Fsp3) is 0.286. The molecule has 0 fully saturated rings. The smallest absolute Gasteiger partial charge is 0.254 e. The molecule has 0 spiro atoms. The van der Waals surface area contributed by atoms with Crippen molar-refractivity contribution in [1.29, 1.82) is 0 Å². The first-order chi connectivity index (χ1) is 14.2. The summed E-state index contributed by atoms with van der Waals surface area (Å²) in [7, 11) is 0. The van der Waals surface area contributed by atoms with Crippen LogP contribution in [0.1, 0.15) is 28.7 Å². The third kappa shape index (κ3) is 6.25. The standard InChI is InChI=1S/C21H23N3O4S/c1-3-26-17-6-8-18(9-7-17)27-12-11-22-20(25)19-5-4-10-23-21(19)29-14-16-13-15(2)28-24-16/h4-10,13H,3,11-12,14H2,1-2H3,(H,22,25). The summed E-state index contributed by atoms with van der Waals surface area (Å²) >= 11 is 1.45. The van der Waals surface area contributed by atoms with Crippen LogP contribution in [0.15, 0.2) is 58.2 Å². The van der Waals surface area contributed by atoms with Crippen molar-refractivity contribution in [3.8, 4) is 11.5 Å². The molecule has 29 heavy (non-hydrogen) atoms. The lowest BCUT2D eigenvalue weighted by molar-refractivity contribution is 0.0943. The van der Waals surface area contributed by atoms with E-state index in [0.29, 0.717) is 36.1 Å². The summed E-state index contributed by atoms with van der Waals surface area (Å²) < 4.78 is 16.1. The predicted octanol–water partition coefficient (Wildman–Crippen LogP) is 3.88. The monoisotopic (exact) mass is 413 g/mol. The van der Waals surface area contributed by atoms with Crippen molar-refractivity contribution in [1.82, 2.24) is 15.5 Å². The number of pyridine rings is 1. The van der Waals surface area contributed by atoms with E-state index in [1.807, 2.05) is 44.2 Å². The fourth-order valence-electron chi connectivity index (χ4n) is 2.53. The number of aryl methyl sites for hydroxylation is 1. The molecule has 0 aliphatic carbocycles. The number of nitrogens with one attached hydrogen (secondary N) is 1. The zero-order valence-electron chi connectivity index (χ0n) is 16.4. The first kappa shape index (κ1) is 20.7. The van der Waals surface area contributed by atoms with Crippen LogP contribution in [-0.4, -0.2) is 35.8 Å². The molecular weight excluding hydrogens is 390 g/mol. The molecular formula is C21H23N3O4S. The molecule has 3 aromatic rings. The summed E-state index contributed by atoms with van der Waals surface area (Å²) in [5.41, 5.74) is 1.34. The molecule has 3 rings (SSSR count). The van der Waals surface area contributed by atoms with Crippen molar-refractivity contribution in [2.24, 2.45) is 0 Å². The summed E-state index contributed by atoms with van der Waals surface area (Å²) in [4.78, 5) is 16.9. The normalized spacial score (nSPS) is 10.6. The predicted molar refractivity (Wildman–Crippen MR) is 110 cm³/mol. The first-order valence-corrected chi connectivity index (χ1v) is 10.3. The number of amides is 1. The molecule has 2 aromatic heterocycles. The number of carbonyl (C=O) groups excluding carboxylic acids is 1. The number of hydrogen-bond donors (Lipinski definition) is 1. The summed E-state index contributed by atoms with van der Waals surface area (Å²) in [6, 6.07) is 12.8. The Morgan fingerprint density at radius 3 is 2.62 bits per heavy atom. The van der Waals surface area contributed by atoms with Gasteiger partial charge in [0.15, 0.2) is 0 Å². The van der Waals surface area contributed by atoms with E-state index in [0.717, 1.165) is 23.0 Å². The number of carbonyl (C=O) groups is 1. The number of nitrogens with zero attached hydrogens (tertiary/aromatic N) is 2. The Morgan fingerprint density at radius 1 is 1.17 bits per heavy atom. The lowest BCUT2D eigenvalue weighted by Crippen LogP contribution is -2.28. The lowest BCUT2D eigenvalue weighted by Gasteiger charge is -2.10. The van der Waals surface area contributed by atoms with E-state index >= 15 is 0 Å². The van der Waals surface area contributed by atoms with E-state index in [1.54, 1.807) is 18.3 Å². The summed E-state index contributed by atoms with van der Waals surface area (Å²) in [6.45, 7) is 5.15. The average Bonchev–Trinajstić information content (AvgIpc) is 3.16. The molecule has 1 N–H and O–H groups in total. The maximum atomic E-state index is 12.5. The molecule has 2 heterocycles. The highest BCUT2D eigenvalue weighted by Crippen LogP contribution is 2.24. The molecule has 0 bridgehead atoms. The van der Waals surface area contributed by atoms with Gasteiger partial charge < -0.3 is 19.3 Å². The van der Waals surface area contributed by atoms with E-state index in [2.05, 4.69) is 15.5 Å². The SMILES string of the molecule is CCOc1ccc(OCCNC(=O)c2cccnc2SCc2cc(C)on2)cc1. The van der Waals surface area contributed by atoms with Crippen LogP contribution >= 0.6 is 11.8 Å². The molecule has 1 amide bonds. The highest BCUT2D eigenvalue weighted by molar-refractivity contribution is 7.98. The van der Waals surface area contributed by atoms with Gasteiger partial charge in [-0.1, -0.05) is 16.9 Å². The van der Waals surface area contributed by atoms with Crippen molar-refractivity contribution in [2.45, 2.75) is 24.6 Å². The largest absolute Gasteiger partial charge is 0.494 e. The van der Waals surface area contributed by atoms with Crippen LogP contribution in [0.2, 0.25) is 0 Å². The van der Waals surface area contributed by atoms with Gasteiger partial charge in [-0.15, -0.1) is 0 Å². The third-order valence-electron chi connectivity index (χ3n) is 3.84. The van der Waals surface area contributed by atoms with Crippen molar-refractivity contribution < 1.29 is 18.8 Å². The van der Waals surface area contributed by atoms with E-state index in [9.17, 15) is 4.79 Å². The van der Waals surface area contributed by atoms with Crippen LogP contribution in [0.3, 0.4) is 0 Å². The van der Waals surface area contributed by atoms with Crippen molar-refractivity contribution in [3.05, 3.63) is 65.7 Å². The Balaban J connectivity index is 1.47. The molecule has 1 aromatic carbocycles. The van der Waals surface area contributed by atoms with Gasteiger partial charge in [-0.25, -0.2) is 4.98 Å². The number of hydrogen-bond acceptors (Lipinski definition) is 7. The Labute approximate surface area is 173 Å². The summed E-state index contributed by atoms with van der Waals surface area (Å²) in [6.07, 6.45) is 1.67. The molecule has 0 aliphatic heterocycles. The van der Waals surface area contributed by atoms with Gasteiger partial charge in [-0.2, -0.15) is 0 Å². The highest BCUT2D eigenvalue weighted by Gasteiger charge is 2.13. The second kappa shape index (κ2) is 10.5. The fourth-order valence-corrected chi connectivity index (χ4v) is 3.41. The van der Waals surface area contributed by atoms with E-state index < -0.39 is 0 Å². The maximum absolute atomic E-state index is 12.5. The third-order valence-corrected chi connectivity index (χ3v) is 4.88. The number of aromatic nitrogens is 2. The topological polar surface area (TPSA) is 86.5 Å². The van der Waals surface area contributed by atoms with Crippen molar-refractivity contribution in [2.75, 3.05) is 19.8 Å². The molecule has 152 valence electrons. The summed E-state index contributed by atoms with van der Waals surface area (Å²) in [5.74, 6) is 2.67. The molecule has 0 unspecified atom stereocenters. The van der Waals surface area contributed by atoms with Gasteiger partial charge in [-0.3, -0.25) is 4.79 Å². The van der Waals surface area contributed by atoms with Crippen LogP contribution in [0.25, 0.3) is 0 Å². The second-order valence-electron chi connectivity index (χ2n) is 6.08. The van der Waals surface area contributed by atoms with E-state index in [1.165, 1.54) is 11.8 Å². The van der Waals surface area contributed by atoms with E-state index in [-0.39, 0.29) is 5.91 Å². The number of thioether (sulfide) groups is 1. The number of rotatable bonds is 10. The Hall–Kier alpha value is -3.00. The quantitative estimate of drug-likeness (QED) is 0.399. The molecule has 0 saturated carbocycles. The minimum Gasteiger partial charge on any atom is -0.494 e. The Bertz CT molecular complexity index is 928. The second-order valence-corrected chi connectivity index (χ2v) is 7.05. The number of ether oxygens (including phenoxy) is 2. The maximum Gasteiger partial charge on any atom is 0.254 e. The van der Waals surface area contributed by atoms with Gasteiger partial charge >= 0.3 is 0 Å². The highest BCUT2D eigenvalue weighted by atomic mass is 32.2. The van der Waals surface area contributed by atoms with Crippen molar-refractivity contribution in [3.63, 3.8) is 0 Å². The molecule has 0 aliphatic rings. The van der Waals surface area contributed by atoms with Gasteiger partial charge in [-0.05, 0) is 50.2 Å². The molecule has 0 atom stereocenters. The van der Waals surface area contributed by atoms with Gasteiger partial charge in [0.05, 0.1) is 24.4 Å². The zero-order chi connectivity index (χ0) is 20.5. The molecule has 7 nitrogen and oxygen atoms in total. The minimum absolute atomic E-state index is 0.188. The van der Waals surface area contributed by atoms with Crippen molar-refractivity contribution >= 4 is 17.7 Å². The molecule has 0 saturated heterocycles. The molecule has 0 radical (unpaired) electrons. The van der Waals surface area contributed by atoms with Crippen LogP contribution in [0, 0.1) is 6.92 Å². The van der Waals surface area contributed by atoms with Gasteiger partial charge in [0, 0.05) is 18.0 Å². The zero-order valence-corrected chi connectivity index (χ0v) is 17.2. The Kier molecular flexibility index (Phi) is 7.52. The lowest BCUT2D eigenvalue weighted by atomic mass is 10.2. The average molecular weight is 413 g/mol. The van der Waals surface area contributed by atoms with E-state index in [4.69, 9.17) is 14.0 Å².